The highest BCUT2D eigenvalue weighted by molar-refractivity contribution is 5.53. The summed E-state index contributed by atoms with van der Waals surface area (Å²) in [6.07, 6.45) is -3.19. The van der Waals surface area contributed by atoms with Crippen molar-refractivity contribution < 1.29 is 33.6 Å². The number of aliphatic hydroxyl groups is 1. The normalized spacial score (nSPS) is 16.9. The monoisotopic (exact) mass is 266 g/mol. The first-order chi connectivity index (χ1) is 8.55. The number of carbonyl (C=O) groups is 1. The zero-order chi connectivity index (χ0) is 14.1. The molecule has 1 N–H and O–H groups in total. The molecule has 0 aliphatic carbocycles. The Bertz CT molecular complexity index is 215. The number of methoxy groups -OCH3 is 4. The molecule has 3 atom stereocenters. The van der Waals surface area contributed by atoms with Crippen molar-refractivity contribution in [2.75, 3.05) is 28.4 Å². The summed E-state index contributed by atoms with van der Waals surface area (Å²) in [6.45, 7) is 1.63. The van der Waals surface area contributed by atoms with E-state index in [0.717, 1.165) is 0 Å². The zero-order valence-electron chi connectivity index (χ0n) is 11.4. The second kappa shape index (κ2) is 9.37. The molecule has 0 aromatic carbocycles. The number of rotatable bonds is 10. The Kier molecular flexibility index (Phi) is 9.08. The fourth-order valence-corrected chi connectivity index (χ4v) is 1.43. The summed E-state index contributed by atoms with van der Waals surface area (Å²) in [6, 6.07) is 0. The van der Waals surface area contributed by atoms with E-state index >= 15 is 0 Å². The number of hydrogen-bond donors (Lipinski definition) is 1. The molecule has 7 heteroatoms. The van der Waals surface area contributed by atoms with E-state index in [0.29, 0.717) is 6.29 Å². The van der Waals surface area contributed by atoms with Crippen LogP contribution in [-0.4, -0.2) is 64.8 Å². The van der Waals surface area contributed by atoms with Crippen LogP contribution < -0.4 is 0 Å². The summed E-state index contributed by atoms with van der Waals surface area (Å²) in [4.78, 5) is 10.8. The lowest BCUT2D eigenvalue weighted by Gasteiger charge is -2.31. The van der Waals surface area contributed by atoms with Gasteiger partial charge in [-0.3, -0.25) is 0 Å². The minimum absolute atomic E-state index is 0.529. The zero-order valence-corrected chi connectivity index (χ0v) is 11.4. The molecule has 0 saturated carbocycles. The molecule has 0 aromatic heterocycles. The summed E-state index contributed by atoms with van der Waals surface area (Å²) < 4.78 is 25.1. The highest BCUT2D eigenvalue weighted by Crippen LogP contribution is 2.17. The molecule has 0 aliphatic heterocycles. The average Bonchev–Trinajstić information content (AvgIpc) is 2.39. The molecule has 0 aromatic rings. The third kappa shape index (κ3) is 4.97. The molecule has 0 heterocycles. The number of carbonyl (C=O) groups excluding carboxylic acids is 1. The summed E-state index contributed by atoms with van der Waals surface area (Å²) in [5.74, 6) is -0.529. The SMILES string of the molecule is COC(OC)[C@@H](O[C@H](O)C(OC)OC)C(C)C=O. The molecule has 7 nitrogen and oxygen atoms in total. The lowest BCUT2D eigenvalue weighted by atomic mass is 10.1. The van der Waals surface area contributed by atoms with Gasteiger partial charge in [-0.05, 0) is 0 Å². The van der Waals surface area contributed by atoms with Crippen molar-refractivity contribution in [1.82, 2.24) is 0 Å². The van der Waals surface area contributed by atoms with Crippen LogP contribution in [0.5, 0.6) is 0 Å². The van der Waals surface area contributed by atoms with Crippen molar-refractivity contribution in [1.29, 1.82) is 0 Å². The standard InChI is InChI=1S/C11H22O7/c1-7(6-12)8(10(14-2)15-3)18-9(13)11(16-4)17-5/h6-11,13H,1-5H3/t7?,8-,9-/m0/s1. The van der Waals surface area contributed by atoms with Gasteiger partial charge in [0.25, 0.3) is 0 Å². The van der Waals surface area contributed by atoms with Gasteiger partial charge in [0.05, 0.1) is 0 Å². The van der Waals surface area contributed by atoms with Crippen molar-refractivity contribution in [3.05, 3.63) is 0 Å². The van der Waals surface area contributed by atoms with Crippen molar-refractivity contribution in [2.45, 2.75) is 31.9 Å². The lowest BCUT2D eigenvalue weighted by molar-refractivity contribution is -0.299. The average molecular weight is 266 g/mol. The Balaban J connectivity index is 4.71. The Labute approximate surface area is 107 Å². The van der Waals surface area contributed by atoms with Crippen molar-refractivity contribution >= 4 is 6.29 Å². The Morgan fingerprint density at radius 3 is 1.72 bits per heavy atom. The van der Waals surface area contributed by atoms with E-state index in [-0.39, 0.29) is 0 Å². The second-order valence-corrected chi connectivity index (χ2v) is 3.67. The van der Waals surface area contributed by atoms with Crippen LogP contribution in [-0.2, 0) is 28.5 Å². The number of ether oxygens (including phenoxy) is 5. The number of aldehydes is 1. The van der Waals surface area contributed by atoms with Crippen LogP contribution in [0.3, 0.4) is 0 Å². The van der Waals surface area contributed by atoms with Crippen LogP contribution in [0.1, 0.15) is 6.92 Å². The van der Waals surface area contributed by atoms with E-state index in [1.165, 1.54) is 28.4 Å². The van der Waals surface area contributed by atoms with Gasteiger partial charge in [-0.15, -0.1) is 0 Å². The highest BCUT2D eigenvalue weighted by atomic mass is 16.7. The smallest absolute Gasteiger partial charge is 0.208 e. The maximum atomic E-state index is 10.8. The van der Waals surface area contributed by atoms with Crippen molar-refractivity contribution in [2.24, 2.45) is 5.92 Å². The molecule has 0 rings (SSSR count). The van der Waals surface area contributed by atoms with Crippen LogP contribution in [0.15, 0.2) is 0 Å². The van der Waals surface area contributed by atoms with Gasteiger partial charge in [-0.1, -0.05) is 6.92 Å². The fourth-order valence-electron chi connectivity index (χ4n) is 1.43. The van der Waals surface area contributed by atoms with E-state index in [1.807, 2.05) is 0 Å². The van der Waals surface area contributed by atoms with Crippen LogP contribution in [0, 0.1) is 5.92 Å². The van der Waals surface area contributed by atoms with Crippen molar-refractivity contribution in [3.63, 3.8) is 0 Å². The first kappa shape index (κ1) is 17.4. The van der Waals surface area contributed by atoms with Crippen LogP contribution in [0.25, 0.3) is 0 Å². The highest BCUT2D eigenvalue weighted by Gasteiger charge is 2.32. The molecule has 18 heavy (non-hydrogen) atoms. The molecule has 0 saturated heterocycles. The summed E-state index contributed by atoms with van der Waals surface area (Å²) in [7, 11) is 5.56. The molecular weight excluding hydrogens is 244 g/mol. The van der Waals surface area contributed by atoms with Crippen LogP contribution in [0.4, 0.5) is 0 Å². The van der Waals surface area contributed by atoms with E-state index in [1.54, 1.807) is 6.92 Å². The Morgan fingerprint density at radius 1 is 0.944 bits per heavy atom. The summed E-state index contributed by atoms with van der Waals surface area (Å²) in [5.41, 5.74) is 0. The third-order valence-electron chi connectivity index (χ3n) is 2.46. The predicted molar refractivity (Wildman–Crippen MR) is 61.7 cm³/mol. The lowest BCUT2D eigenvalue weighted by Crippen LogP contribution is -2.44. The molecule has 0 spiro atoms. The Hall–Kier alpha value is -0.570. The maximum absolute atomic E-state index is 10.8. The van der Waals surface area contributed by atoms with Crippen LogP contribution >= 0.6 is 0 Å². The van der Waals surface area contributed by atoms with Gasteiger partial charge >= 0.3 is 0 Å². The summed E-state index contributed by atoms with van der Waals surface area (Å²) >= 11 is 0. The molecule has 0 amide bonds. The Morgan fingerprint density at radius 2 is 1.39 bits per heavy atom. The quantitative estimate of drug-likeness (QED) is 0.431. The van der Waals surface area contributed by atoms with E-state index in [2.05, 4.69) is 0 Å². The molecule has 0 radical (unpaired) electrons. The summed E-state index contributed by atoms with van der Waals surface area (Å²) in [5, 5.41) is 9.76. The molecular formula is C11H22O7. The largest absolute Gasteiger partial charge is 0.364 e. The first-order valence-electron chi connectivity index (χ1n) is 5.45. The van der Waals surface area contributed by atoms with E-state index in [9.17, 15) is 9.90 Å². The van der Waals surface area contributed by atoms with Gasteiger partial charge in [0, 0.05) is 34.4 Å². The first-order valence-corrected chi connectivity index (χ1v) is 5.45. The minimum atomic E-state index is -1.36. The van der Waals surface area contributed by atoms with Crippen LogP contribution in [0.2, 0.25) is 0 Å². The van der Waals surface area contributed by atoms with Crippen molar-refractivity contribution in [3.8, 4) is 0 Å². The molecule has 0 bridgehead atoms. The molecule has 0 aliphatic rings. The van der Waals surface area contributed by atoms with Gasteiger partial charge in [0.15, 0.2) is 6.29 Å². The van der Waals surface area contributed by atoms with Gasteiger partial charge in [-0.25, -0.2) is 0 Å². The number of hydrogen-bond acceptors (Lipinski definition) is 7. The van der Waals surface area contributed by atoms with Gasteiger partial charge < -0.3 is 33.6 Å². The topological polar surface area (TPSA) is 83.5 Å². The molecule has 0 fully saturated rings. The maximum Gasteiger partial charge on any atom is 0.208 e. The minimum Gasteiger partial charge on any atom is -0.364 e. The second-order valence-electron chi connectivity index (χ2n) is 3.67. The third-order valence-corrected chi connectivity index (χ3v) is 2.46. The number of aliphatic hydroxyl groups excluding tert-OH is 1. The van der Waals surface area contributed by atoms with Gasteiger partial charge in [-0.2, -0.15) is 0 Å². The van der Waals surface area contributed by atoms with Gasteiger partial charge in [0.2, 0.25) is 12.6 Å². The van der Waals surface area contributed by atoms with E-state index in [4.69, 9.17) is 23.7 Å². The van der Waals surface area contributed by atoms with E-state index < -0.39 is 30.9 Å². The molecule has 108 valence electrons. The van der Waals surface area contributed by atoms with Gasteiger partial charge in [0.1, 0.15) is 12.4 Å². The molecule has 1 unspecified atom stereocenters. The predicted octanol–water partition coefficient (Wildman–Crippen LogP) is -0.237. The fraction of sp³-hybridized carbons (Fsp3) is 0.909.